The highest BCUT2D eigenvalue weighted by Gasteiger charge is 2.24. The van der Waals surface area contributed by atoms with Gasteiger partial charge in [0.05, 0.1) is 22.0 Å². The number of anilines is 1. The number of benzene rings is 1. The molecule has 0 saturated heterocycles. The molecule has 1 N–H and O–H groups in total. The highest BCUT2D eigenvalue weighted by atomic mass is 32.1. The number of nitrogens with one attached hydrogen (secondary N) is 1. The fourth-order valence-electron chi connectivity index (χ4n) is 2.34. The van der Waals surface area contributed by atoms with Crippen LogP contribution in [0.4, 0.5) is 5.13 Å². The van der Waals surface area contributed by atoms with E-state index >= 15 is 0 Å². The van der Waals surface area contributed by atoms with Crippen LogP contribution in [0, 0.1) is 0 Å². The minimum atomic E-state index is 0.121. The topological polar surface area (TPSA) is 54.4 Å². The standard InChI is InChI=1S/C16H15N3OS/c1-3-12-15(4-2)21-16(17-12)19-18-13-9-14(20)11-8-6-5-7-10(11)13/h3-8H,9H2,1-2H3,(H,17,19)/b12-3+,15-4+,18-13-. The van der Waals surface area contributed by atoms with Gasteiger partial charge in [-0.2, -0.15) is 5.10 Å². The van der Waals surface area contributed by atoms with Gasteiger partial charge < -0.3 is 0 Å². The molecule has 0 aliphatic heterocycles. The number of rotatable bonds is 2. The molecule has 0 fully saturated rings. The van der Waals surface area contributed by atoms with Gasteiger partial charge >= 0.3 is 0 Å². The lowest BCUT2D eigenvalue weighted by atomic mass is 10.1. The van der Waals surface area contributed by atoms with E-state index in [0.717, 1.165) is 31.9 Å². The van der Waals surface area contributed by atoms with Gasteiger partial charge in [-0.25, -0.2) is 4.98 Å². The first kappa shape index (κ1) is 13.7. The summed E-state index contributed by atoms with van der Waals surface area (Å²) >= 11 is 1.55. The third-order valence-corrected chi connectivity index (χ3v) is 4.41. The van der Waals surface area contributed by atoms with E-state index in [-0.39, 0.29) is 5.78 Å². The highest BCUT2D eigenvalue weighted by Crippen LogP contribution is 2.22. The van der Waals surface area contributed by atoms with Crippen LogP contribution < -0.4 is 15.3 Å². The Labute approximate surface area is 126 Å². The van der Waals surface area contributed by atoms with Gasteiger partial charge in [0.25, 0.3) is 0 Å². The normalized spacial score (nSPS) is 17.6. The molecule has 106 valence electrons. The first-order valence-electron chi connectivity index (χ1n) is 6.77. The average molecular weight is 297 g/mol. The number of ketones is 1. The van der Waals surface area contributed by atoms with Crippen molar-refractivity contribution in [3.05, 3.63) is 45.3 Å². The predicted molar refractivity (Wildman–Crippen MR) is 87.2 cm³/mol. The minimum absolute atomic E-state index is 0.121. The molecule has 4 nitrogen and oxygen atoms in total. The van der Waals surface area contributed by atoms with E-state index in [1.54, 1.807) is 11.3 Å². The van der Waals surface area contributed by atoms with Crippen LogP contribution in [0.1, 0.15) is 36.2 Å². The monoisotopic (exact) mass is 297 g/mol. The lowest BCUT2D eigenvalue weighted by Crippen LogP contribution is -2.19. The predicted octanol–water partition coefficient (Wildman–Crippen LogP) is 2.15. The lowest BCUT2D eigenvalue weighted by molar-refractivity contribution is 0.101. The molecule has 1 aliphatic carbocycles. The third kappa shape index (κ3) is 2.52. The van der Waals surface area contributed by atoms with Crippen molar-refractivity contribution in [1.82, 2.24) is 4.98 Å². The fraction of sp³-hybridized carbons (Fsp3) is 0.188. The summed E-state index contributed by atoms with van der Waals surface area (Å²) in [6, 6.07) is 7.57. The first-order chi connectivity index (χ1) is 10.2. The molecule has 0 amide bonds. The molecule has 0 saturated carbocycles. The second kappa shape index (κ2) is 5.61. The summed E-state index contributed by atoms with van der Waals surface area (Å²) in [7, 11) is 0. The molecule has 1 heterocycles. The number of hydrazone groups is 1. The maximum atomic E-state index is 11.9. The molecule has 0 unspecified atom stereocenters. The molecule has 1 aromatic carbocycles. The van der Waals surface area contributed by atoms with Gasteiger partial charge in [0.2, 0.25) is 5.13 Å². The Hall–Kier alpha value is -2.27. The van der Waals surface area contributed by atoms with Crippen LogP contribution in [-0.2, 0) is 0 Å². The smallest absolute Gasteiger partial charge is 0.204 e. The quantitative estimate of drug-likeness (QED) is 0.864. The van der Waals surface area contributed by atoms with Crippen molar-refractivity contribution in [3.8, 4) is 0 Å². The molecular weight excluding hydrogens is 282 g/mol. The van der Waals surface area contributed by atoms with Crippen LogP contribution in [0.25, 0.3) is 12.2 Å². The summed E-state index contributed by atoms with van der Waals surface area (Å²) in [6.07, 6.45) is 4.34. The minimum Gasteiger partial charge on any atom is -0.294 e. The zero-order chi connectivity index (χ0) is 14.8. The number of hydrogen-bond donors (Lipinski definition) is 1. The Bertz CT molecular complexity index is 817. The van der Waals surface area contributed by atoms with E-state index in [1.807, 2.05) is 50.3 Å². The largest absolute Gasteiger partial charge is 0.294 e. The highest BCUT2D eigenvalue weighted by molar-refractivity contribution is 7.13. The summed E-state index contributed by atoms with van der Waals surface area (Å²) in [5.41, 5.74) is 5.42. The van der Waals surface area contributed by atoms with Gasteiger partial charge in [-0.15, -0.1) is 0 Å². The third-order valence-electron chi connectivity index (χ3n) is 3.37. The second-order valence-corrected chi connectivity index (χ2v) is 5.69. The lowest BCUT2D eigenvalue weighted by Gasteiger charge is -1.98. The van der Waals surface area contributed by atoms with Crippen molar-refractivity contribution in [2.45, 2.75) is 20.3 Å². The molecule has 0 atom stereocenters. The van der Waals surface area contributed by atoms with Crippen molar-refractivity contribution in [2.24, 2.45) is 5.10 Å². The maximum Gasteiger partial charge on any atom is 0.204 e. The van der Waals surface area contributed by atoms with Crippen molar-refractivity contribution in [2.75, 3.05) is 5.43 Å². The summed E-state index contributed by atoms with van der Waals surface area (Å²) in [5.74, 6) is 0.121. The van der Waals surface area contributed by atoms with E-state index in [4.69, 9.17) is 0 Å². The van der Waals surface area contributed by atoms with Gasteiger partial charge in [-0.05, 0) is 13.8 Å². The Balaban J connectivity index is 1.92. The summed E-state index contributed by atoms with van der Waals surface area (Å²) in [5, 5.41) is 6.06. The summed E-state index contributed by atoms with van der Waals surface area (Å²) < 4.78 is 1.11. The second-order valence-electron chi connectivity index (χ2n) is 4.66. The van der Waals surface area contributed by atoms with E-state index in [9.17, 15) is 4.79 Å². The molecule has 21 heavy (non-hydrogen) atoms. The van der Waals surface area contributed by atoms with E-state index in [0.29, 0.717) is 6.42 Å². The van der Waals surface area contributed by atoms with Crippen LogP contribution in [0.15, 0.2) is 29.4 Å². The number of carbonyl (C=O) groups is 1. The summed E-state index contributed by atoms with van der Waals surface area (Å²) in [4.78, 5) is 16.4. The Kier molecular flexibility index (Phi) is 3.66. The number of carbonyl (C=O) groups excluding carboxylic acids is 1. The van der Waals surface area contributed by atoms with Crippen LogP contribution >= 0.6 is 11.3 Å². The van der Waals surface area contributed by atoms with Gasteiger partial charge in [0.15, 0.2) is 5.78 Å². The SMILES string of the molecule is C/C=c1/nc(N/N=C2/CC(=O)c3ccccc32)s/c1=C/C. The number of fused-ring (bicyclic) bond motifs is 1. The van der Waals surface area contributed by atoms with E-state index in [2.05, 4.69) is 15.5 Å². The molecule has 0 radical (unpaired) electrons. The van der Waals surface area contributed by atoms with Crippen LogP contribution in [0.2, 0.25) is 0 Å². The van der Waals surface area contributed by atoms with Gasteiger partial charge in [0, 0.05) is 11.1 Å². The zero-order valence-corrected chi connectivity index (χ0v) is 12.7. The van der Waals surface area contributed by atoms with E-state index in [1.165, 1.54) is 0 Å². The molecule has 3 rings (SSSR count). The molecule has 0 bridgehead atoms. The van der Waals surface area contributed by atoms with Crippen molar-refractivity contribution in [1.29, 1.82) is 0 Å². The maximum absolute atomic E-state index is 11.9. The zero-order valence-electron chi connectivity index (χ0n) is 11.9. The molecule has 1 aliphatic rings. The molecule has 2 aromatic rings. The molecule has 1 aromatic heterocycles. The van der Waals surface area contributed by atoms with Crippen LogP contribution in [0.3, 0.4) is 0 Å². The fourth-order valence-corrected chi connectivity index (χ4v) is 3.17. The molecular formula is C16H15N3OS. The Morgan fingerprint density at radius 3 is 2.67 bits per heavy atom. The Morgan fingerprint density at radius 2 is 2.00 bits per heavy atom. The van der Waals surface area contributed by atoms with Crippen LogP contribution in [0.5, 0.6) is 0 Å². The molecule has 5 heteroatoms. The number of Topliss-reactive ketones (excluding diaryl/α,β-unsaturated/α-hetero) is 1. The van der Waals surface area contributed by atoms with Crippen molar-refractivity contribution in [3.63, 3.8) is 0 Å². The number of aromatic nitrogens is 1. The first-order valence-corrected chi connectivity index (χ1v) is 7.59. The van der Waals surface area contributed by atoms with E-state index < -0.39 is 0 Å². The number of thiazole rings is 1. The number of hydrogen-bond acceptors (Lipinski definition) is 5. The summed E-state index contributed by atoms with van der Waals surface area (Å²) in [6.45, 7) is 3.95. The van der Waals surface area contributed by atoms with Crippen molar-refractivity contribution >= 4 is 40.1 Å². The average Bonchev–Trinajstić information content (AvgIpc) is 3.06. The van der Waals surface area contributed by atoms with Gasteiger partial charge in [-0.3, -0.25) is 10.2 Å². The Morgan fingerprint density at radius 1 is 1.24 bits per heavy atom. The van der Waals surface area contributed by atoms with Gasteiger partial charge in [0.1, 0.15) is 0 Å². The molecule has 0 spiro atoms. The van der Waals surface area contributed by atoms with Crippen LogP contribution in [-0.4, -0.2) is 16.5 Å². The van der Waals surface area contributed by atoms with Crippen molar-refractivity contribution < 1.29 is 4.79 Å². The van der Waals surface area contributed by atoms with Gasteiger partial charge in [-0.1, -0.05) is 47.8 Å². The number of nitrogens with zero attached hydrogens (tertiary/aromatic N) is 2.